The van der Waals surface area contributed by atoms with Crippen molar-refractivity contribution in [3.05, 3.63) is 54.4 Å². The molecule has 2 aromatic heterocycles. The third-order valence-electron chi connectivity index (χ3n) is 2.85. The van der Waals surface area contributed by atoms with Gasteiger partial charge in [0.2, 0.25) is 0 Å². The van der Waals surface area contributed by atoms with Gasteiger partial charge in [-0.25, -0.2) is 19.0 Å². The molecule has 0 amide bonds. The zero-order valence-corrected chi connectivity index (χ0v) is 10.8. The molecule has 0 aliphatic carbocycles. The molecular formula is C13H13FN6. The molecule has 3 aromatic rings. The van der Waals surface area contributed by atoms with E-state index >= 15 is 0 Å². The fourth-order valence-electron chi connectivity index (χ4n) is 1.89. The summed E-state index contributed by atoms with van der Waals surface area (Å²) in [7, 11) is 0. The molecule has 0 spiro atoms. The van der Waals surface area contributed by atoms with E-state index in [1.807, 2.05) is 6.92 Å². The fourth-order valence-corrected chi connectivity index (χ4v) is 1.89. The predicted octanol–water partition coefficient (Wildman–Crippen LogP) is 2.05. The second kappa shape index (κ2) is 5.12. The summed E-state index contributed by atoms with van der Waals surface area (Å²) < 4.78 is 15.4. The Morgan fingerprint density at radius 1 is 1.40 bits per heavy atom. The average Bonchev–Trinajstić information content (AvgIpc) is 3.08. The van der Waals surface area contributed by atoms with Gasteiger partial charge in [-0.05, 0) is 25.1 Å². The smallest absolute Gasteiger partial charge is 0.150 e. The number of benzene rings is 1. The number of aryl methyl sites for hydroxylation is 1. The summed E-state index contributed by atoms with van der Waals surface area (Å²) in [5.74, 6) is 0.496. The van der Waals surface area contributed by atoms with E-state index in [2.05, 4.69) is 25.4 Å². The van der Waals surface area contributed by atoms with Crippen LogP contribution in [0.3, 0.4) is 0 Å². The minimum atomic E-state index is -0.360. The second-order valence-corrected chi connectivity index (χ2v) is 4.35. The Morgan fingerprint density at radius 2 is 2.30 bits per heavy atom. The Hall–Kier alpha value is -2.70. The van der Waals surface area contributed by atoms with E-state index in [1.165, 1.54) is 23.4 Å². The summed E-state index contributed by atoms with van der Waals surface area (Å²) in [5, 5.41) is 7.04. The minimum Gasteiger partial charge on any atom is -0.379 e. The molecule has 1 aromatic carbocycles. The summed E-state index contributed by atoms with van der Waals surface area (Å²) in [5.41, 5.74) is 2.01. The first-order valence-corrected chi connectivity index (χ1v) is 6.11. The molecule has 7 heteroatoms. The third kappa shape index (κ3) is 2.51. The molecule has 102 valence electrons. The van der Waals surface area contributed by atoms with Gasteiger partial charge in [0.15, 0.2) is 5.82 Å². The fraction of sp³-hybridized carbons (Fsp3) is 0.154. The zero-order valence-electron chi connectivity index (χ0n) is 10.8. The summed E-state index contributed by atoms with van der Waals surface area (Å²) in [4.78, 5) is 11.0. The number of anilines is 1. The number of hydrogen-bond donors (Lipinski definition) is 2. The van der Waals surface area contributed by atoms with Crippen molar-refractivity contribution in [1.82, 2.24) is 24.7 Å². The zero-order chi connectivity index (χ0) is 13.9. The van der Waals surface area contributed by atoms with Crippen LogP contribution >= 0.6 is 0 Å². The van der Waals surface area contributed by atoms with Gasteiger partial charge < -0.3 is 10.3 Å². The van der Waals surface area contributed by atoms with Crippen molar-refractivity contribution in [1.29, 1.82) is 0 Å². The van der Waals surface area contributed by atoms with Gasteiger partial charge in [0, 0.05) is 5.69 Å². The monoisotopic (exact) mass is 272 g/mol. The van der Waals surface area contributed by atoms with Gasteiger partial charge in [0.1, 0.15) is 24.2 Å². The molecule has 3 rings (SSSR count). The number of aromatic nitrogens is 5. The Kier molecular flexibility index (Phi) is 3.16. The quantitative estimate of drug-likeness (QED) is 0.762. The molecule has 0 aliphatic rings. The van der Waals surface area contributed by atoms with Crippen LogP contribution in [0.15, 0.2) is 37.1 Å². The summed E-state index contributed by atoms with van der Waals surface area (Å²) >= 11 is 0. The van der Waals surface area contributed by atoms with Gasteiger partial charge in [-0.1, -0.05) is 0 Å². The normalized spacial score (nSPS) is 10.7. The molecule has 0 radical (unpaired) electrons. The van der Waals surface area contributed by atoms with Gasteiger partial charge in [-0.15, -0.1) is 0 Å². The molecule has 6 nitrogen and oxygen atoms in total. The predicted molar refractivity (Wildman–Crippen MR) is 72.0 cm³/mol. The molecule has 0 bridgehead atoms. The number of rotatable bonds is 4. The van der Waals surface area contributed by atoms with Gasteiger partial charge >= 0.3 is 0 Å². The number of hydrogen-bond acceptors (Lipinski definition) is 4. The van der Waals surface area contributed by atoms with Crippen LogP contribution in [-0.4, -0.2) is 24.7 Å². The number of imidazole rings is 1. The Balaban J connectivity index is 1.74. The lowest BCUT2D eigenvalue weighted by atomic mass is 10.2. The van der Waals surface area contributed by atoms with Crippen LogP contribution in [0.5, 0.6) is 0 Å². The van der Waals surface area contributed by atoms with Crippen LogP contribution in [0.2, 0.25) is 0 Å². The highest BCUT2D eigenvalue weighted by Crippen LogP contribution is 2.17. The van der Waals surface area contributed by atoms with E-state index in [0.29, 0.717) is 17.9 Å². The number of nitrogens with one attached hydrogen (secondary N) is 2. The molecule has 2 N–H and O–H groups in total. The topological polar surface area (TPSA) is 71.4 Å². The van der Waals surface area contributed by atoms with E-state index in [0.717, 1.165) is 11.5 Å². The molecule has 2 heterocycles. The van der Waals surface area contributed by atoms with Crippen molar-refractivity contribution in [3.63, 3.8) is 0 Å². The van der Waals surface area contributed by atoms with Crippen molar-refractivity contribution in [2.45, 2.75) is 13.5 Å². The van der Waals surface area contributed by atoms with Crippen molar-refractivity contribution in [2.24, 2.45) is 0 Å². The van der Waals surface area contributed by atoms with E-state index in [1.54, 1.807) is 18.3 Å². The van der Waals surface area contributed by atoms with Crippen LogP contribution in [-0.2, 0) is 6.54 Å². The maximum absolute atomic E-state index is 14.0. The largest absolute Gasteiger partial charge is 0.379 e. The molecular weight excluding hydrogens is 259 g/mol. The van der Waals surface area contributed by atoms with Crippen molar-refractivity contribution in [3.8, 4) is 5.69 Å². The molecule has 0 saturated heterocycles. The lowest BCUT2D eigenvalue weighted by Gasteiger charge is -2.07. The van der Waals surface area contributed by atoms with E-state index in [-0.39, 0.29) is 5.82 Å². The highest BCUT2D eigenvalue weighted by molar-refractivity contribution is 5.49. The van der Waals surface area contributed by atoms with Crippen LogP contribution in [0.25, 0.3) is 5.69 Å². The second-order valence-electron chi connectivity index (χ2n) is 4.35. The summed E-state index contributed by atoms with van der Waals surface area (Å²) in [6, 6.07) is 4.88. The summed E-state index contributed by atoms with van der Waals surface area (Å²) in [6.07, 6.45) is 4.58. The average molecular weight is 272 g/mol. The SMILES string of the molecule is Cc1ncc(CNc2ccc(-n3cncn3)c(F)c2)[nH]1. The number of H-pyrrole nitrogens is 1. The first kappa shape index (κ1) is 12.3. The molecule has 0 unspecified atom stereocenters. The highest BCUT2D eigenvalue weighted by atomic mass is 19.1. The maximum Gasteiger partial charge on any atom is 0.150 e. The van der Waals surface area contributed by atoms with Crippen LogP contribution in [0.1, 0.15) is 11.5 Å². The lowest BCUT2D eigenvalue weighted by molar-refractivity contribution is 0.611. The van der Waals surface area contributed by atoms with Crippen LogP contribution in [0, 0.1) is 12.7 Å². The molecule has 0 saturated carbocycles. The number of halogens is 1. The molecule has 0 aliphatic heterocycles. The Bertz CT molecular complexity index is 703. The number of nitrogens with zero attached hydrogens (tertiary/aromatic N) is 4. The van der Waals surface area contributed by atoms with Crippen molar-refractivity contribution in [2.75, 3.05) is 5.32 Å². The van der Waals surface area contributed by atoms with Gasteiger partial charge in [0.25, 0.3) is 0 Å². The van der Waals surface area contributed by atoms with Gasteiger partial charge in [-0.2, -0.15) is 5.10 Å². The first-order chi connectivity index (χ1) is 9.72. The lowest BCUT2D eigenvalue weighted by Crippen LogP contribution is -2.02. The van der Waals surface area contributed by atoms with Crippen LogP contribution < -0.4 is 5.32 Å². The number of aromatic amines is 1. The van der Waals surface area contributed by atoms with E-state index in [9.17, 15) is 4.39 Å². The highest BCUT2D eigenvalue weighted by Gasteiger charge is 2.06. The molecule has 0 fully saturated rings. The first-order valence-electron chi connectivity index (χ1n) is 6.11. The minimum absolute atomic E-state index is 0.360. The standard InChI is InChI=1S/C13H13FN6/c1-9-16-5-11(19-9)6-17-10-2-3-13(12(14)4-10)20-8-15-7-18-20/h2-5,7-8,17H,6H2,1H3,(H,16,19). The Labute approximate surface area is 114 Å². The molecule has 0 atom stereocenters. The maximum atomic E-state index is 14.0. The van der Waals surface area contributed by atoms with E-state index < -0.39 is 0 Å². The van der Waals surface area contributed by atoms with Crippen molar-refractivity contribution < 1.29 is 4.39 Å². The summed E-state index contributed by atoms with van der Waals surface area (Å²) in [6.45, 7) is 2.44. The molecule has 20 heavy (non-hydrogen) atoms. The Morgan fingerprint density at radius 3 is 2.95 bits per heavy atom. The van der Waals surface area contributed by atoms with Gasteiger partial charge in [-0.3, -0.25) is 0 Å². The van der Waals surface area contributed by atoms with Crippen LogP contribution in [0.4, 0.5) is 10.1 Å². The van der Waals surface area contributed by atoms with Gasteiger partial charge in [0.05, 0.1) is 18.4 Å². The third-order valence-corrected chi connectivity index (χ3v) is 2.85. The van der Waals surface area contributed by atoms with Crippen molar-refractivity contribution >= 4 is 5.69 Å². The van der Waals surface area contributed by atoms with E-state index in [4.69, 9.17) is 0 Å².